The second-order valence-electron chi connectivity index (χ2n) is 4.46. The van der Waals surface area contributed by atoms with Crippen LogP contribution in [0, 0.1) is 11.6 Å². The SMILES string of the molecule is CCC1SCC(C(=O)O)N1S(=O)(=O)c1cc(F)ccc1F. The average molecular weight is 337 g/mol. The van der Waals surface area contributed by atoms with Crippen molar-refractivity contribution in [1.82, 2.24) is 4.31 Å². The van der Waals surface area contributed by atoms with E-state index in [1.807, 2.05) is 0 Å². The third kappa shape index (κ3) is 2.90. The van der Waals surface area contributed by atoms with Crippen molar-refractivity contribution < 1.29 is 27.1 Å². The minimum atomic E-state index is -4.43. The number of sulfonamides is 1. The van der Waals surface area contributed by atoms with Crippen LogP contribution in [0.25, 0.3) is 0 Å². The number of carbonyl (C=O) groups is 1. The van der Waals surface area contributed by atoms with Gasteiger partial charge in [0, 0.05) is 5.75 Å². The fraction of sp³-hybridized carbons (Fsp3) is 0.417. The number of thioether (sulfide) groups is 1. The predicted molar refractivity (Wildman–Crippen MR) is 73.3 cm³/mol. The lowest BCUT2D eigenvalue weighted by atomic mass is 10.3. The number of carboxylic acids is 1. The zero-order valence-corrected chi connectivity index (χ0v) is 12.6. The number of carboxylic acid groups (broad SMARTS) is 1. The molecule has 9 heteroatoms. The molecule has 2 rings (SSSR count). The Morgan fingerprint density at radius 2 is 2.14 bits per heavy atom. The van der Waals surface area contributed by atoms with Gasteiger partial charge in [0.05, 0.1) is 5.37 Å². The highest BCUT2D eigenvalue weighted by Crippen LogP contribution is 2.36. The molecular weight excluding hydrogens is 324 g/mol. The van der Waals surface area contributed by atoms with Crippen LogP contribution in [0.15, 0.2) is 23.1 Å². The van der Waals surface area contributed by atoms with E-state index in [0.29, 0.717) is 18.6 Å². The van der Waals surface area contributed by atoms with Gasteiger partial charge in [-0.3, -0.25) is 4.79 Å². The van der Waals surface area contributed by atoms with Gasteiger partial charge in [0.15, 0.2) is 0 Å². The van der Waals surface area contributed by atoms with Gasteiger partial charge in [-0.1, -0.05) is 6.92 Å². The molecule has 2 unspecified atom stereocenters. The molecule has 1 aliphatic heterocycles. The van der Waals surface area contributed by atoms with Crippen molar-refractivity contribution in [3.05, 3.63) is 29.8 Å². The zero-order chi connectivity index (χ0) is 15.8. The molecule has 1 saturated heterocycles. The van der Waals surface area contributed by atoms with Crippen LogP contribution in [0.4, 0.5) is 8.78 Å². The first-order valence-corrected chi connectivity index (χ1v) is 8.61. The monoisotopic (exact) mass is 337 g/mol. The van der Waals surface area contributed by atoms with Crippen molar-refractivity contribution in [3.8, 4) is 0 Å². The maximum absolute atomic E-state index is 13.8. The molecule has 116 valence electrons. The maximum Gasteiger partial charge on any atom is 0.322 e. The molecule has 0 aromatic heterocycles. The molecule has 5 nitrogen and oxygen atoms in total. The van der Waals surface area contributed by atoms with E-state index < -0.39 is 43.9 Å². The van der Waals surface area contributed by atoms with Crippen molar-refractivity contribution in [1.29, 1.82) is 0 Å². The van der Waals surface area contributed by atoms with Crippen LogP contribution in [0.1, 0.15) is 13.3 Å². The third-order valence-electron chi connectivity index (χ3n) is 3.12. The number of benzene rings is 1. The van der Waals surface area contributed by atoms with Gasteiger partial charge in [0.25, 0.3) is 0 Å². The summed E-state index contributed by atoms with van der Waals surface area (Å²) in [5.74, 6) is -3.24. The summed E-state index contributed by atoms with van der Waals surface area (Å²) in [5, 5.41) is 8.53. The summed E-state index contributed by atoms with van der Waals surface area (Å²) in [4.78, 5) is 10.4. The number of aliphatic carboxylic acids is 1. The molecule has 1 fully saturated rings. The lowest BCUT2D eigenvalue weighted by Gasteiger charge is -2.25. The minimum absolute atomic E-state index is 0.0734. The Kier molecular flexibility index (Phi) is 4.54. The molecule has 0 bridgehead atoms. The van der Waals surface area contributed by atoms with Gasteiger partial charge in [-0.15, -0.1) is 11.8 Å². The van der Waals surface area contributed by atoms with Gasteiger partial charge in [-0.05, 0) is 24.6 Å². The van der Waals surface area contributed by atoms with Crippen LogP contribution in [-0.2, 0) is 14.8 Å². The first-order chi connectivity index (χ1) is 9.78. The number of nitrogens with zero attached hydrogens (tertiary/aromatic N) is 1. The molecule has 0 spiro atoms. The Labute approximate surface area is 125 Å². The molecule has 21 heavy (non-hydrogen) atoms. The topological polar surface area (TPSA) is 74.7 Å². The number of halogens is 2. The summed E-state index contributed by atoms with van der Waals surface area (Å²) in [7, 11) is -4.43. The molecule has 0 amide bonds. The highest BCUT2D eigenvalue weighted by Gasteiger charge is 2.46. The van der Waals surface area contributed by atoms with Crippen molar-refractivity contribution >= 4 is 27.8 Å². The molecule has 0 aliphatic carbocycles. The lowest BCUT2D eigenvalue weighted by molar-refractivity contribution is -0.140. The summed E-state index contributed by atoms with van der Waals surface area (Å²) >= 11 is 1.17. The average Bonchev–Trinajstić information content (AvgIpc) is 2.86. The van der Waals surface area contributed by atoms with Crippen LogP contribution in [0.5, 0.6) is 0 Å². The molecule has 1 aliphatic rings. The van der Waals surface area contributed by atoms with E-state index in [2.05, 4.69) is 0 Å². The molecule has 1 aromatic carbocycles. The molecule has 1 aromatic rings. The lowest BCUT2D eigenvalue weighted by Crippen LogP contribution is -2.45. The van der Waals surface area contributed by atoms with Gasteiger partial charge >= 0.3 is 5.97 Å². The smallest absolute Gasteiger partial charge is 0.322 e. The maximum atomic E-state index is 13.8. The van der Waals surface area contributed by atoms with Crippen molar-refractivity contribution in [2.24, 2.45) is 0 Å². The fourth-order valence-electron chi connectivity index (χ4n) is 2.14. The summed E-state index contributed by atoms with van der Waals surface area (Å²) in [6.07, 6.45) is 0.366. The van der Waals surface area contributed by atoms with Crippen LogP contribution in [0.3, 0.4) is 0 Å². The highest BCUT2D eigenvalue weighted by atomic mass is 32.2. The van der Waals surface area contributed by atoms with E-state index in [9.17, 15) is 22.0 Å². The summed E-state index contributed by atoms with van der Waals surface area (Å²) in [6, 6.07) is 0.799. The Balaban J connectivity index is 2.54. The molecular formula is C12H13F2NO4S2. The van der Waals surface area contributed by atoms with Crippen molar-refractivity contribution in [2.75, 3.05) is 5.75 Å². The van der Waals surface area contributed by atoms with Crippen LogP contribution < -0.4 is 0 Å². The standard InChI is InChI=1S/C12H13F2NO4S2/c1-2-11-15(9(6-20-11)12(16)17)21(18,19)10-5-7(13)3-4-8(10)14/h3-5,9,11H,2,6H2,1H3,(H,16,17). The van der Waals surface area contributed by atoms with Gasteiger partial charge in [-0.2, -0.15) is 4.31 Å². The van der Waals surface area contributed by atoms with E-state index in [4.69, 9.17) is 5.11 Å². The summed E-state index contributed by atoms with van der Waals surface area (Å²) in [6.45, 7) is 1.70. The number of hydrogen-bond donors (Lipinski definition) is 1. The van der Waals surface area contributed by atoms with Gasteiger partial charge in [-0.25, -0.2) is 17.2 Å². The van der Waals surface area contributed by atoms with Gasteiger partial charge < -0.3 is 5.11 Å². The Bertz CT molecular complexity index is 665. The first-order valence-electron chi connectivity index (χ1n) is 6.12. The molecule has 0 radical (unpaired) electrons. The Morgan fingerprint density at radius 1 is 1.48 bits per heavy atom. The van der Waals surface area contributed by atoms with E-state index in [1.54, 1.807) is 6.92 Å². The fourth-order valence-corrected chi connectivity index (χ4v) is 5.75. The quantitative estimate of drug-likeness (QED) is 0.908. The van der Waals surface area contributed by atoms with Crippen molar-refractivity contribution in [3.63, 3.8) is 0 Å². The first kappa shape index (κ1) is 16.2. The van der Waals surface area contributed by atoms with E-state index in [1.165, 1.54) is 11.8 Å². The van der Waals surface area contributed by atoms with Gasteiger partial charge in [0.2, 0.25) is 10.0 Å². The summed E-state index contributed by atoms with van der Waals surface area (Å²) < 4.78 is 52.8. The second-order valence-corrected chi connectivity index (χ2v) is 7.48. The molecule has 0 saturated carbocycles. The van der Waals surface area contributed by atoms with E-state index >= 15 is 0 Å². The van der Waals surface area contributed by atoms with Crippen LogP contribution >= 0.6 is 11.8 Å². The largest absolute Gasteiger partial charge is 0.480 e. The van der Waals surface area contributed by atoms with E-state index in [-0.39, 0.29) is 5.75 Å². The Morgan fingerprint density at radius 3 is 2.71 bits per heavy atom. The number of rotatable bonds is 4. The Hall–Kier alpha value is -1.19. The predicted octanol–water partition coefficient (Wildman–Crippen LogP) is 1.89. The number of hydrogen-bond acceptors (Lipinski definition) is 4. The van der Waals surface area contributed by atoms with E-state index in [0.717, 1.165) is 10.4 Å². The normalized spacial score (nSPS) is 23.4. The molecule has 1 N–H and O–H groups in total. The second kappa shape index (κ2) is 5.90. The summed E-state index contributed by atoms with van der Waals surface area (Å²) in [5.41, 5.74) is 0. The van der Waals surface area contributed by atoms with Gasteiger partial charge in [0.1, 0.15) is 22.6 Å². The zero-order valence-electron chi connectivity index (χ0n) is 11.0. The minimum Gasteiger partial charge on any atom is -0.480 e. The highest BCUT2D eigenvalue weighted by molar-refractivity contribution is 8.01. The third-order valence-corrected chi connectivity index (χ3v) is 6.64. The van der Waals surface area contributed by atoms with Crippen molar-refractivity contribution in [2.45, 2.75) is 29.7 Å². The van der Waals surface area contributed by atoms with Crippen LogP contribution in [0.2, 0.25) is 0 Å². The van der Waals surface area contributed by atoms with Crippen LogP contribution in [-0.4, -0.2) is 41.0 Å². The molecule has 2 atom stereocenters. The molecule has 1 heterocycles.